The van der Waals surface area contributed by atoms with Crippen LogP contribution < -0.4 is 5.32 Å². The first-order chi connectivity index (χ1) is 9.75. The van der Waals surface area contributed by atoms with Crippen LogP contribution in [-0.2, 0) is 6.54 Å². The quantitative estimate of drug-likeness (QED) is 0.613. The van der Waals surface area contributed by atoms with Crippen LogP contribution in [0.25, 0.3) is 0 Å². The molecule has 1 aliphatic carbocycles. The molecule has 3 heteroatoms. The minimum Gasteiger partial charge on any atom is -0.478 e. The standard InChI is InChI=1S/C17H23NO2/c19-17(20)16-9-5-8-15(12-16)13-18-11-10-14-6-3-1-2-4-7-14/h5-6,8-9,12,18H,1-4,7,10-11,13H2,(H,19,20). The maximum Gasteiger partial charge on any atom is 0.335 e. The van der Waals surface area contributed by atoms with Crippen LogP contribution in [0.2, 0.25) is 0 Å². The Bertz CT molecular complexity index is 480. The third-order valence-corrected chi connectivity index (χ3v) is 3.76. The van der Waals surface area contributed by atoms with E-state index in [1.165, 1.54) is 32.1 Å². The highest BCUT2D eigenvalue weighted by molar-refractivity contribution is 5.87. The van der Waals surface area contributed by atoms with Crippen LogP contribution in [0.4, 0.5) is 0 Å². The molecule has 2 N–H and O–H groups in total. The van der Waals surface area contributed by atoms with E-state index in [1.807, 2.05) is 6.07 Å². The van der Waals surface area contributed by atoms with Gasteiger partial charge in [0.25, 0.3) is 0 Å². The molecule has 1 aromatic carbocycles. The van der Waals surface area contributed by atoms with E-state index in [9.17, 15) is 4.79 Å². The number of aromatic carboxylic acids is 1. The SMILES string of the molecule is O=C(O)c1cccc(CNCCC2=CCCCCC2)c1. The second-order valence-electron chi connectivity index (χ2n) is 5.39. The van der Waals surface area contributed by atoms with E-state index < -0.39 is 5.97 Å². The smallest absolute Gasteiger partial charge is 0.335 e. The number of carboxylic acid groups (broad SMARTS) is 1. The summed E-state index contributed by atoms with van der Waals surface area (Å²) in [6, 6.07) is 7.13. The number of hydrogen-bond donors (Lipinski definition) is 2. The molecule has 0 saturated heterocycles. The molecule has 0 amide bonds. The first kappa shape index (κ1) is 14.8. The van der Waals surface area contributed by atoms with Crippen molar-refractivity contribution in [3.05, 3.63) is 47.0 Å². The molecule has 0 radical (unpaired) electrons. The van der Waals surface area contributed by atoms with Crippen molar-refractivity contribution in [2.45, 2.75) is 45.1 Å². The third-order valence-electron chi connectivity index (χ3n) is 3.76. The molecule has 0 bridgehead atoms. The van der Waals surface area contributed by atoms with Gasteiger partial charge in [-0.1, -0.05) is 30.2 Å². The molecule has 0 unspecified atom stereocenters. The second kappa shape index (κ2) is 7.85. The highest BCUT2D eigenvalue weighted by Crippen LogP contribution is 2.19. The van der Waals surface area contributed by atoms with E-state index in [0.29, 0.717) is 5.56 Å². The predicted octanol–water partition coefficient (Wildman–Crippen LogP) is 3.76. The zero-order chi connectivity index (χ0) is 14.2. The predicted molar refractivity (Wildman–Crippen MR) is 80.9 cm³/mol. The van der Waals surface area contributed by atoms with E-state index in [4.69, 9.17) is 5.11 Å². The van der Waals surface area contributed by atoms with Crippen LogP contribution in [0.15, 0.2) is 35.9 Å². The lowest BCUT2D eigenvalue weighted by Gasteiger charge is -2.08. The van der Waals surface area contributed by atoms with Crippen molar-refractivity contribution in [3.63, 3.8) is 0 Å². The fraction of sp³-hybridized carbons (Fsp3) is 0.471. The van der Waals surface area contributed by atoms with E-state index in [0.717, 1.165) is 25.1 Å². The zero-order valence-corrected chi connectivity index (χ0v) is 11.9. The van der Waals surface area contributed by atoms with Crippen LogP contribution >= 0.6 is 0 Å². The van der Waals surface area contributed by atoms with Crippen LogP contribution in [0.5, 0.6) is 0 Å². The van der Waals surface area contributed by atoms with Gasteiger partial charge in [-0.25, -0.2) is 4.79 Å². The summed E-state index contributed by atoms with van der Waals surface area (Å²) in [5.74, 6) is -0.865. The Labute approximate surface area is 120 Å². The molecular weight excluding hydrogens is 250 g/mol. The van der Waals surface area contributed by atoms with Gasteiger partial charge in [-0.2, -0.15) is 0 Å². The molecule has 20 heavy (non-hydrogen) atoms. The highest BCUT2D eigenvalue weighted by atomic mass is 16.4. The minimum atomic E-state index is -0.865. The molecule has 1 aromatic rings. The maximum absolute atomic E-state index is 10.9. The van der Waals surface area contributed by atoms with Gasteiger partial charge in [-0.3, -0.25) is 0 Å². The third kappa shape index (κ3) is 4.82. The van der Waals surface area contributed by atoms with E-state index in [-0.39, 0.29) is 0 Å². The number of rotatable bonds is 6. The molecule has 108 valence electrons. The Hall–Kier alpha value is -1.61. The van der Waals surface area contributed by atoms with Gasteiger partial charge < -0.3 is 10.4 Å². The van der Waals surface area contributed by atoms with Crippen LogP contribution in [0.3, 0.4) is 0 Å². The van der Waals surface area contributed by atoms with Crippen molar-refractivity contribution in [1.29, 1.82) is 0 Å². The summed E-state index contributed by atoms with van der Waals surface area (Å²) < 4.78 is 0. The fourth-order valence-corrected chi connectivity index (χ4v) is 2.60. The largest absolute Gasteiger partial charge is 0.478 e. The average molecular weight is 273 g/mol. The van der Waals surface area contributed by atoms with Crippen LogP contribution in [0.1, 0.15) is 54.4 Å². The molecule has 1 aliphatic rings. The van der Waals surface area contributed by atoms with Crippen LogP contribution in [0, 0.1) is 0 Å². The first-order valence-electron chi connectivity index (χ1n) is 7.46. The summed E-state index contributed by atoms with van der Waals surface area (Å²) in [7, 11) is 0. The van der Waals surface area contributed by atoms with Gasteiger partial charge >= 0.3 is 5.97 Å². The van der Waals surface area contributed by atoms with E-state index in [2.05, 4.69) is 11.4 Å². The van der Waals surface area contributed by atoms with Gasteiger partial charge in [-0.15, -0.1) is 0 Å². The summed E-state index contributed by atoms with van der Waals surface area (Å²) in [5.41, 5.74) is 2.96. The summed E-state index contributed by atoms with van der Waals surface area (Å²) >= 11 is 0. The molecule has 0 saturated carbocycles. The fourth-order valence-electron chi connectivity index (χ4n) is 2.60. The van der Waals surface area contributed by atoms with Gasteiger partial charge in [0.15, 0.2) is 0 Å². The lowest BCUT2D eigenvalue weighted by Crippen LogP contribution is -2.15. The molecule has 0 aliphatic heterocycles. The van der Waals surface area contributed by atoms with Gasteiger partial charge in [0.05, 0.1) is 5.56 Å². The number of carboxylic acids is 1. The molecule has 2 rings (SSSR count). The van der Waals surface area contributed by atoms with Crippen molar-refractivity contribution in [2.24, 2.45) is 0 Å². The van der Waals surface area contributed by atoms with Crippen molar-refractivity contribution >= 4 is 5.97 Å². The molecular formula is C17H23NO2. The molecule has 0 aromatic heterocycles. The Balaban J connectivity index is 1.74. The highest BCUT2D eigenvalue weighted by Gasteiger charge is 2.04. The zero-order valence-electron chi connectivity index (χ0n) is 11.9. The summed E-state index contributed by atoms with van der Waals surface area (Å²) in [6.45, 7) is 1.69. The maximum atomic E-state index is 10.9. The summed E-state index contributed by atoms with van der Waals surface area (Å²) in [4.78, 5) is 10.9. The molecule has 0 spiro atoms. The van der Waals surface area contributed by atoms with Gasteiger partial charge in [0, 0.05) is 6.54 Å². The Kier molecular flexibility index (Phi) is 5.81. The molecule has 0 fully saturated rings. The second-order valence-corrected chi connectivity index (χ2v) is 5.39. The number of allylic oxidation sites excluding steroid dienone is 1. The number of hydrogen-bond acceptors (Lipinski definition) is 2. The van der Waals surface area contributed by atoms with Gasteiger partial charge in [-0.05, 0) is 56.3 Å². The Morgan fingerprint density at radius 3 is 3.00 bits per heavy atom. The van der Waals surface area contributed by atoms with Crippen molar-refractivity contribution in [2.75, 3.05) is 6.54 Å². The number of benzene rings is 1. The topological polar surface area (TPSA) is 49.3 Å². The molecule has 0 heterocycles. The van der Waals surface area contributed by atoms with E-state index >= 15 is 0 Å². The monoisotopic (exact) mass is 273 g/mol. The molecule has 0 atom stereocenters. The first-order valence-corrected chi connectivity index (χ1v) is 7.46. The summed E-state index contributed by atoms with van der Waals surface area (Å²) in [5, 5.41) is 12.4. The van der Waals surface area contributed by atoms with Gasteiger partial charge in [0.2, 0.25) is 0 Å². The van der Waals surface area contributed by atoms with E-state index in [1.54, 1.807) is 23.8 Å². The minimum absolute atomic E-state index is 0.357. The molecule has 3 nitrogen and oxygen atoms in total. The average Bonchev–Trinajstić information content (AvgIpc) is 2.72. The normalized spacial score (nSPS) is 15.5. The van der Waals surface area contributed by atoms with Crippen molar-refractivity contribution < 1.29 is 9.90 Å². The Morgan fingerprint density at radius 2 is 2.15 bits per heavy atom. The van der Waals surface area contributed by atoms with Crippen LogP contribution in [-0.4, -0.2) is 17.6 Å². The van der Waals surface area contributed by atoms with Crippen molar-refractivity contribution in [1.82, 2.24) is 5.32 Å². The number of nitrogens with one attached hydrogen (secondary N) is 1. The lowest BCUT2D eigenvalue weighted by molar-refractivity contribution is 0.0696. The van der Waals surface area contributed by atoms with Gasteiger partial charge in [0.1, 0.15) is 0 Å². The van der Waals surface area contributed by atoms with Crippen molar-refractivity contribution in [3.8, 4) is 0 Å². The summed E-state index contributed by atoms with van der Waals surface area (Å²) in [6.07, 6.45) is 10.0. The number of carbonyl (C=O) groups is 1. The Morgan fingerprint density at radius 1 is 1.25 bits per heavy atom. The lowest BCUT2D eigenvalue weighted by atomic mass is 10.1.